The predicted molar refractivity (Wildman–Crippen MR) is 77.6 cm³/mol. The zero-order valence-electron chi connectivity index (χ0n) is 10.5. The normalized spacial score (nSPS) is 9.80. The molecule has 0 heterocycles. The Morgan fingerprint density at radius 2 is 1.85 bits per heavy atom. The van der Waals surface area contributed by atoms with Gasteiger partial charge in [-0.1, -0.05) is 12.0 Å². The van der Waals surface area contributed by atoms with E-state index >= 15 is 0 Å². The van der Waals surface area contributed by atoms with Crippen molar-refractivity contribution in [2.75, 3.05) is 16.8 Å². The van der Waals surface area contributed by atoms with E-state index in [-0.39, 0.29) is 16.9 Å². The Hall–Kier alpha value is -3.00. The number of anilines is 3. The van der Waals surface area contributed by atoms with Gasteiger partial charge in [0.05, 0.1) is 11.4 Å². The van der Waals surface area contributed by atoms with Crippen LogP contribution >= 0.6 is 0 Å². The first-order valence-electron chi connectivity index (χ1n) is 5.74. The highest BCUT2D eigenvalue weighted by molar-refractivity contribution is 6.05. The molecule has 0 atom stereocenters. The number of nitrogen functional groups attached to an aromatic ring is 2. The maximum absolute atomic E-state index is 13.3. The van der Waals surface area contributed by atoms with Gasteiger partial charge in [-0.05, 0) is 30.3 Å². The molecule has 0 aromatic heterocycles. The molecule has 5 heteroatoms. The minimum Gasteiger partial charge on any atom is -0.396 e. The predicted octanol–water partition coefficient (Wildman–Crippen LogP) is 2.22. The Morgan fingerprint density at radius 3 is 2.45 bits per heavy atom. The lowest BCUT2D eigenvalue weighted by Crippen LogP contribution is -2.13. The highest BCUT2D eigenvalue weighted by Gasteiger charge is 2.12. The maximum Gasteiger partial charge on any atom is 0.255 e. The van der Waals surface area contributed by atoms with Crippen molar-refractivity contribution >= 4 is 23.0 Å². The van der Waals surface area contributed by atoms with Gasteiger partial charge in [0.1, 0.15) is 0 Å². The van der Waals surface area contributed by atoms with Gasteiger partial charge in [-0.3, -0.25) is 4.79 Å². The fourth-order valence-electron chi connectivity index (χ4n) is 1.69. The molecule has 0 aliphatic carbocycles. The van der Waals surface area contributed by atoms with Gasteiger partial charge in [0.2, 0.25) is 0 Å². The van der Waals surface area contributed by atoms with Crippen LogP contribution < -0.4 is 16.8 Å². The van der Waals surface area contributed by atoms with E-state index in [1.54, 1.807) is 24.3 Å². The van der Waals surface area contributed by atoms with Crippen molar-refractivity contribution in [3.8, 4) is 12.3 Å². The van der Waals surface area contributed by atoms with Crippen molar-refractivity contribution in [1.29, 1.82) is 0 Å². The Balaban J connectivity index is 2.26. The third-order valence-corrected chi connectivity index (χ3v) is 2.68. The Labute approximate surface area is 115 Å². The molecule has 0 bridgehead atoms. The second-order valence-corrected chi connectivity index (χ2v) is 4.15. The van der Waals surface area contributed by atoms with Gasteiger partial charge in [-0.25, -0.2) is 4.39 Å². The van der Waals surface area contributed by atoms with E-state index in [1.807, 2.05) is 0 Å². The standard InChI is InChI=1S/C15H12FN3O/c1-2-9-4-3-5-11(6-9)19-15(20)10-7-12(17)14(16)13(18)8-10/h1,3-8H,17-18H2,(H,19,20). The van der Waals surface area contributed by atoms with E-state index in [2.05, 4.69) is 11.2 Å². The van der Waals surface area contributed by atoms with Gasteiger partial charge < -0.3 is 16.8 Å². The molecule has 0 aliphatic heterocycles. The molecule has 5 N–H and O–H groups in total. The number of rotatable bonds is 2. The minimum absolute atomic E-state index is 0.174. The van der Waals surface area contributed by atoms with Gasteiger partial charge in [-0.2, -0.15) is 0 Å². The highest BCUT2D eigenvalue weighted by Crippen LogP contribution is 2.21. The van der Waals surface area contributed by atoms with Crippen LogP contribution in [0.1, 0.15) is 15.9 Å². The summed E-state index contributed by atoms with van der Waals surface area (Å²) >= 11 is 0. The second kappa shape index (κ2) is 5.33. The number of terminal acetylenes is 1. The molecule has 2 rings (SSSR count). The fourth-order valence-corrected chi connectivity index (χ4v) is 1.69. The SMILES string of the molecule is C#Cc1cccc(NC(=O)c2cc(N)c(F)c(N)c2)c1. The molecule has 0 saturated heterocycles. The molecule has 4 nitrogen and oxygen atoms in total. The number of amides is 1. The molecule has 0 unspecified atom stereocenters. The number of nitrogens with two attached hydrogens (primary N) is 2. The summed E-state index contributed by atoms with van der Waals surface area (Å²) < 4.78 is 13.3. The van der Waals surface area contributed by atoms with Crippen LogP contribution in [0.4, 0.5) is 21.5 Å². The van der Waals surface area contributed by atoms with Crippen LogP contribution in [0, 0.1) is 18.2 Å². The molecule has 0 spiro atoms. The van der Waals surface area contributed by atoms with Crippen LogP contribution in [0.3, 0.4) is 0 Å². The van der Waals surface area contributed by atoms with Crippen LogP contribution in [-0.2, 0) is 0 Å². The van der Waals surface area contributed by atoms with Crippen molar-refractivity contribution in [3.05, 3.63) is 53.3 Å². The number of carbonyl (C=O) groups excluding carboxylic acids is 1. The largest absolute Gasteiger partial charge is 0.396 e. The average Bonchev–Trinajstić information content (AvgIpc) is 2.44. The lowest BCUT2D eigenvalue weighted by atomic mass is 10.1. The van der Waals surface area contributed by atoms with E-state index in [1.165, 1.54) is 12.1 Å². The monoisotopic (exact) mass is 269 g/mol. The number of carbonyl (C=O) groups is 1. The summed E-state index contributed by atoms with van der Waals surface area (Å²) in [5, 5.41) is 2.64. The van der Waals surface area contributed by atoms with E-state index in [0.717, 1.165) is 0 Å². The van der Waals surface area contributed by atoms with Crippen molar-refractivity contribution < 1.29 is 9.18 Å². The summed E-state index contributed by atoms with van der Waals surface area (Å²) in [4.78, 5) is 12.0. The molecule has 0 fully saturated rings. The summed E-state index contributed by atoms with van der Waals surface area (Å²) in [6, 6.07) is 9.25. The second-order valence-electron chi connectivity index (χ2n) is 4.15. The zero-order valence-corrected chi connectivity index (χ0v) is 10.5. The number of hydrogen-bond donors (Lipinski definition) is 3. The van der Waals surface area contributed by atoms with Gasteiger partial charge in [0.15, 0.2) is 5.82 Å². The van der Waals surface area contributed by atoms with Crippen molar-refractivity contribution in [3.63, 3.8) is 0 Å². The third-order valence-electron chi connectivity index (χ3n) is 2.68. The molecule has 100 valence electrons. The third kappa shape index (κ3) is 2.70. The topological polar surface area (TPSA) is 81.1 Å². The Morgan fingerprint density at radius 1 is 1.20 bits per heavy atom. The number of halogens is 1. The molecule has 0 radical (unpaired) electrons. The van der Waals surface area contributed by atoms with Gasteiger partial charge in [-0.15, -0.1) is 6.42 Å². The van der Waals surface area contributed by atoms with Crippen LogP contribution in [-0.4, -0.2) is 5.91 Å². The van der Waals surface area contributed by atoms with Crippen molar-refractivity contribution in [2.45, 2.75) is 0 Å². The number of hydrogen-bond acceptors (Lipinski definition) is 3. The molecule has 1 amide bonds. The van der Waals surface area contributed by atoms with E-state index in [4.69, 9.17) is 17.9 Å². The molecule has 0 aliphatic rings. The fraction of sp³-hybridized carbons (Fsp3) is 0. The van der Waals surface area contributed by atoms with Gasteiger partial charge in [0, 0.05) is 16.8 Å². The smallest absolute Gasteiger partial charge is 0.255 e. The summed E-state index contributed by atoms with van der Waals surface area (Å²) in [7, 11) is 0. The number of benzene rings is 2. The van der Waals surface area contributed by atoms with Crippen LogP contribution in [0.25, 0.3) is 0 Å². The quantitative estimate of drug-likeness (QED) is 0.577. The Kier molecular flexibility index (Phi) is 3.58. The van der Waals surface area contributed by atoms with E-state index in [9.17, 15) is 9.18 Å². The van der Waals surface area contributed by atoms with Crippen molar-refractivity contribution in [1.82, 2.24) is 0 Å². The van der Waals surface area contributed by atoms with E-state index in [0.29, 0.717) is 11.3 Å². The van der Waals surface area contributed by atoms with Crippen LogP contribution in [0.2, 0.25) is 0 Å². The summed E-state index contributed by atoms with van der Waals surface area (Å²) in [5.41, 5.74) is 11.9. The van der Waals surface area contributed by atoms with Gasteiger partial charge >= 0.3 is 0 Å². The first kappa shape index (κ1) is 13.4. The first-order valence-corrected chi connectivity index (χ1v) is 5.74. The lowest BCUT2D eigenvalue weighted by Gasteiger charge is -2.08. The molecular weight excluding hydrogens is 257 g/mol. The minimum atomic E-state index is -0.726. The highest BCUT2D eigenvalue weighted by atomic mass is 19.1. The maximum atomic E-state index is 13.3. The lowest BCUT2D eigenvalue weighted by molar-refractivity contribution is 0.102. The number of nitrogens with one attached hydrogen (secondary N) is 1. The first-order chi connectivity index (χ1) is 9.51. The van der Waals surface area contributed by atoms with Gasteiger partial charge in [0.25, 0.3) is 5.91 Å². The van der Waals surface area contributed by atoms with E-state index < -0.39 is 11.7 Å². The molecule has 0 saturated carbocycles. The molecular formula is C15H12FN3O. The van der Waals surface area contributed by atoms with Crippen LogP contribution in [0.15, 0.2) is 36.4 Å². The molecule has 2 aromatic carbocycles. The Bertz CT molecular complexity index is 696. The summed E-state index contributed by atoms with van der Waals surface area (Å²) in [6.07, 6.45) is 5.28. The summed E-state index contributed by atoms with van der Waals surface area (Å²) in [5.74, 6) is 1.29. The average molecular weight is 269 g/mol. The summed E-state index contributed by atoms with van der Waals surface area (Å²) in [6.45, 7) is 0. The zero-order chi connectivity index (χ0) is 14.7. The molecule has 2 aromatic rings. The van der Waals surface area contributed by atoms with Crippen LogP contribution in [0.5, 0.6) is 0 Å². The van der Waals surface area contributed by atoms with Crippen molar-refractivity contribution in [2.24, 2.45) is 0 Å². The molecule has 20 heavy (non-hydrogen) atoms.